The second kappa shape index (κ2) is 11.7. The van der Waals surface area contributed by atoms with Crippen LogP contribution in [0.2, 0.25) is 5.15 Å². The maximum atomic E-state index is 13.0. The van der Waals surface area contributed by atoms with Gasteiger partial charge in [0.2, 0.25) is 5.91 Å². The van der Waals surface area contributed by atoms with Crippen LogP contribution in [-0.2, 0) is 11.3 Å². The highest BCUT2D eigenvalue weighted by Gasteiger charge is 2.19. The Labute approximate surface area is 194 Å². The number of piperazine rings is 1. The summed E-state index contributed by atoms with van der Waals surface area (Å²) in [6.45, 7) is 5.86. The third kappa shape index (κ3) is 7.64. The highest BCUT2D eigenvalue weighted by molar-refractivity contribution is 7.99. The van der Waals surface area contributed by atoms with Gasteiger partial charge in [-0.05, 0) is 26.7 Å². The van der Waals surface area contributed by atoms with Crippen molar-refractivity contribution >= 4 is 35.1 Å². The number of carbonyl (C=O) groups excluding carboxylic acids is 1. The van der Waals surface area contributed by atoms with Crippen LogP contribution in [0.1, 0.15) is 5.56 Å². The SMILES string of the molecule is CN(C)CCN(Cc1ccccc1)C(=O)CSc1nc(Cl)cc(N2CCN(C)CC2)n1. The molecule has 9 heteroatoms. The molecule has 0 atom stereocenters. The fraction of sp³-hybridized carbons (Fsp3) is 0.500. The van der Waals surface area contributed by atoms with E-state index in [1.165, 1.54) is 11.8 Å². The Hall–Kier alpha value is -1.87. The molecule has 31 heavy (non-hydrogen) atoms. The van der Waals surface area contributed by atoms with E-state index in [1.807, 2.05) is 49.3 Å². The maximum absolute atomic E-state index is 13.0. The van der Waals surface area contributed by atoms with Crippen LogP contribution in [0.5, 0.6) is 0 Å². The van der Waals surface area contributed by atoms with E-state index >= 15 is 0 Å². The molecule has 2 aromatic rings. The Kier molecular flexibility index (Phi) is 8.95. The highest BCUT2D eigenvalue weighted by atomic mass is 35.5. The van der Waals surface area contributed by atoms with Crippen molar-refractivity contribution in [1.82, 2.24) is 24.7 Å². The number of halogens is 1. The normalized spacial score (nSPS) is 14.8. The summed E-state index contributed by atoms with van der Waals surface area (Å²) in [5.74, 6) is 1.18. The number of hydrogen-bond donors (Lipinski definition) is 0. The van der Waals surface area contributed by atoms with Crippen molar-refractivity contribution in [2.45, 2.75) is 11.7 Å². The summed E-state index contributed by atoms with van der Waals surface area (Å²) in [6, 6.07) is 11.9. The van der Waals surface area contributed by atoms with Crippen LogP contribution < -0.4 is 4.90 Å². The zero-order valence-electron chi connectivity index (χ0n) is 18.5. The summed E-state index contributed by atoms with van der Waals surface area (Å²) >= 11 is 7.61. The van der Waals surface area contributed by atoms with Gasteiger partial charge in [0.1, 0.15) is 11.0 Å². The topological polar surface area (TPSA) is 55.8 Å². The average molecular weight is 463 g/mol. The molecule has 2 heterocycles. The van der Waals surface area contributed by atoms with Gasteiger partial charge in [0.25, 0.3) is 0 Å². The van der Waals surface area contributed by atoms with E-state index in [4.69, 9.17) is 11.6 Å². The van der Waals surface area contributed by atoms with Gasteiger partial charge in [0.15, 0.2) is 5.16 Å². The lowest BCUT2D eigenvalue weighted by atomic mass is 10.2. The highest BCUT2D eigenvalue weighted by Crippen LogP contribution is 2.23. The first-order valence-corrected chi connectivity index (χ1v) is 11.8. The molecule has 3 rings (SSSR count). The first kappa shape index (κ1) is 23.8. The Morgan fingerprint density at radius 1 is 1.10 bits per heavy atom. The molecule has 1 amide bonds. The molecule has 0 N–H and O–H groups in total. The van der Waals surface area contributed by atoms with Crippen molar-refractivity contribution < 1.29 is 4.79 Å². The van der Waals surface area contributed by atoms with Crippen LogP contribution in [0.3, 0.4) is 0 Å². The maximum Gasteiger partial charge on any atom is 0.233 e. The predicted molar refractivity (Wildman–Crippen MR) is 128 cm³/mol. The fourth-order valence-electron chi connectivity index (χ4n) is 3.28. The number of nitrogens with zero attached hydrogens (tertiary/aromatic N) is 6. The van der Waals surface area contributed by atoms with E-state index in [0.717, 1.165) is 44.1 Å². The minimum Gasteiger partial charge on any atom is -0.354 e. The predicted octanol–water partition coefficient (Wildman–Crippen LogP) is 2.56. The van der Waals surface area contributed by atoms with E-state index in [1.54, 1.807) is 6.07 Å². The van der Waals surface area contributed by atoms with Gasteiger partial charge in [0, 0.05) is 51.9 Å². The number of likely N-dealkylation sites (N-methyl/N-ethyl adjacent to an activating group) is 2. The summed E-state index contributed by atoms with van der Waals surface area (Å²) in [5, 5.41) is 0.953. The molecule has 0 aliphatic carbocycles. The van der Waals surface area contributed by atoms with Gasteiger partial charge in [-0.2, -0.15) is 0 Å². The van der Waals surface area contributed by atoms with Gasteiger partial charge < -0.3 is 19.6 Å². The van der Waals surface area contributed by atoms with Crippen LogP contribution in [0.4, 0.5) is 5.82 Å². The summed E-state index contributed by atoms with van der Waals surface area (Å²) in [7, 11) is 6.15. The first-order chi connectivity index (χ1) is 14.9. The number of rotatable bonds is 9. The average Bonchev–Trinajstić information content (AvgIpc) is 2.75. The molecule has 1 saturated heterocycles. The van der Waals surface area contributed by atoms with Crippen LogP contribution in [0, 0.1) is 0 Å². The quantitative estimate of drug-likeness (QED) is 0.322. The molecular weight excluding hydrogens is 432 g/mol. The summed E-state index contributed by atoms with van der Waals surface area (Å²) < 4.78 is 0. The lowest BCUT2D eigenvalue weighted by Crippen LogP contribution is -2.44. The second-order valence-electron chi connectivity index (χ2n) is 8.01. The van der Waals surface area contributed by atoms with Crippen LogP contribution in [0.25, 0.3) is 0 Å². The molecule has 0 unspecified atom stereocenters. The van der Waals surface area contributed by atoms with Crippen molar-refractivity contribution in [3.63, 3.8) is 0 Å². The van der Waals surface area contributed by atoms with Gasteiger partial charge in [-0.25, -0.2) is 9.97 Å². The Balaban J connectivity index is 1.63. The lowest BCUT2D eigenvalue weighted by Gasteiger charge is -2.33. The molecule has 0 saturated carbocycles. The van der Waals surface area contributed by atoms with Crippen LogP contribution >= 0.6 is 23.4 Å². The van der Waals surface area contributed by atoms with Gasteiger partial charge in [-0.15, -0.1) is 0 Å². The van der Waals surface area contributed by atoms with E-state index < -0.39 is 0 Å². The molecule has 0 radical (unpaired) electrons. The molecule has 1 fully saturated rings. The number of amides is 1. The third-order valence-corrected chi connectivity index (χ3v) is 6.22. The first-order valence-electron chi connectivity index (χ1n) is 10.5. The number of thioether (sulfide) groups is 1. The van der Waals surface area contributed by atoms with Crippen LogP contribution in [-0.4, -0.2) is 96.7 Å². The molecule has 7 nitrogen and oxygen atoms in total. The Morgan fingerprint density at radius 3 is 2.48 bits per heavy atom. The third-order valence-electron chi connectivity index (χ3n) is 5.20. The van der Waals surface area contributed by atoms with Gasteiger partial charge in [-0.3, -0.25) is 4.79 Å². The zero-order chi connectivity index (χ0) is 22.2. The number of benzene rings is 1. The monoisotopic (exact) mass is 462 g/mol. The van der Waals surface area contributed by atoms with Crippen molar-refractivity contribution in [3.05, 3.63) is 47.1 Å². The van der Waals surface area contributed by atoms with Crippen molar-refractivity contribution in [2.75, 3.05) is 71.1 Å². The van der Waals surface area contributed by atoms with E-state index in [-0.39, 0.29) is 11.7 Å². The number of carbonyl (C=O) groups is 1. The zero-order valence-corrected chi connectivity index (χ0v) is 20.1. The van der Waals surface area contributed by atoms with E-state index in [0.29, 0.717) is 23.4 Å². The summed E-state index contributed by atoms with van der Waals surface area (Å²) in [5.41, 5.74) is 1.12. The smallest absolute Gasteiger partial charge is 0.233 e. The largest absolute Gasteiger partial charge is 0.354 e. The summed E-state index contributed by atoms with van der Waals surface area (Å²) in [6.07, 6.45) is 0. The van der Waals surface area contributed by atoms with E-state index in [2.05, 4.69) is 31.7 Å². The summed E-state index contributed by atoms with van der Waals surface area (Å²) in [4.78, 5) is 30.5. The molecule has 168 valence electrons. The van der Waals surface area contributed by atoms with Crippen molar-refractivity contribution in [3.8, 4) is 0 Å². The molecule has 0 spiro atoms. The number of anilines is 1. The number of aromatic nitrogens is 2. The fourth-order valence-corrected chi connectivity index (χ4v) is 4.27. The number of hydrogen-bond acceptors (Lipinski definition) is 7. The van der Waals surface area contributed by atoms with Crippen molar-refractivity contribution in [2.24, 2.45) is 0 Å². The lowest BCUT2D eigenvalue weighted by molar-refractivity contribution is -0.129. The van der Waals surface area contributed by atoms with Gasteiger partial charge in [-0.1, -0.05) is 53.7 Å². The van der Waals surface area contributed by atoms with Gasteiger partial charge >= 0.3 is 0 Å². The standard InChI is InChI=1S/C22H31ClN6OS/c1-26(2)9-12-29(16-18-7-5-4-6-8-18)21(30)17-31-22-24-19(23)15-20(25-22)28-13-10-27(3)11-14-28/h4-8,15H,9-14,16-17H2,1-3H3. The molecule has 1 aliphatic heterocycles. The second-order valence-corrected chi connectivity index (χ2v) is 9.34. The van der Waals surface area contributed by atoms with Crippen molar-refractivity contribution in [1.29, 1.82) is 0 Å². The Bertz CT molecular complexity index is 845. The molecule has 1 aromatic heterocycles. The molecule has 1 aromatic carbocycles. The van der Waals surface area contributed by atoms with E-state index in [9.17, 15) is 4.79 Å². The minimum atomic E-state index is 0.0698. The van der Waals surface area contributed by atoms with Crippen LogP contribution in [0.15, 0.2) is 41.6 Å². The molecule has 1 aliphatic rings. The Morgan fingerprint density at radius 2 is 1.81 bits per heavy atom. The van der Waals surface area contributed by atoms with Gasteiger partial charge in [0.05, 0.1) is 5.75 Å². The minimum absolute atomic E-state index is 0.0698. The molecular formula is C22H31ClN6OS. The molecule has 0 bridgehead atoms.